The summed E-state index contributed by atoms with van der Waals surface area (Å²) in [5.74, 6) is -0.0349. The monoisotopic (exact) mass is 274 g/mol. The third-order valence-electron chi connectivity index (χ3n) is 2.28. The van der Waals surface area contributed by atoms with Crippen molar-refractivity contribution >= 4 is 28.2 Å². The molecular formula is C10H18N4O3S. The third kappa shape index (κ3) is 3.56. The van der Waals surface area contributed by atoms with E-state index in [2.05, 4.69) is 10.3 Å². The molecule has 0 atom stereocenters. The summed E-state index contributed by atoms with van der Waals surface area (Å²) in [5, 5.41) is 12.4. The Morgan fingerprint density at radius 1 is 1.61 bits per heavy atom. The molecule has 102 valence electrons. The summed E-state index contributed by atoms with van der Waals surface area (Å²) >= 11 is 1.19. The summed E-state index contributed by atoms with van der Waals surface area (Å²) in [6.45, 7) is 0.951. The lowest BCUT2D eigenvalue weighted by molar-refractivity contribution is 0.0662. The molecule has 0 aliphatic rings. The van der Waals surface area contributed by atoms with Gasteiger partial charge in [-0.3, -0.25) is 4.79 Å². The summed E-state index contributed by atoms with van der Waals surface area (Å²) in [6.07, 6.45) is 0. The molecule has 4 N–H and O–H groups in total. The number of hydrogen-bond acceptors (Lipinski definition) is 7. The van der Waals surface area contributed by atoms with Gasteiger partial charge in [0.2, 0.25) is 0 Å². The van der Waals surface area contributed by atoms with Crippen molar-refractivity contribution in [3.63, 3.8) is 0 Å². The number of carbonyl (C=O) groups is 1. The van der Waals surface area contributed by atoms with Gasteiger partial charge in [0.15, 0.2) is 5.13 Å². The number of nitrogens with two attached hydrogens (primary N) is 1. The van der Waals surface area contributed by atoms with Crippen LogP contribution in [0.2, 0.25) is 0 Å². The highest BCUT2D eigenvalue weighted by atomic mass is 32.1. The zero-order chi connectivity index (χ0) is 13.5. The molecule has 18 heavy (non-hydrogen) atoms. The van der Waals surface area contributed by atoms with E-state index < -0.39 is 0 Å². The van der Waals surface area contributed by atoms with Crippen LogP contribution >= 0.6 is 11.3 Å². The molecule has 0 radical (unpaired) electrons. The highest BCUT2D eigenvalue weighted by molar-refractivity contribution is 7.18. The maximum Gasteiger partial charge on any atom is 0.268 e. The average Bonchev–Trinajstić information content (AvgIpc) is 2.75. The number of nitrogens with zero attached hydrogens (tertiary/aromatic N) is 2. The highest BCUT2D eigenvalue weighted by Crippen LogP contribution is 2.25. The van der Waals surface area contributed by atoms with E-state index in [1.807, 2.05) is 0 Å². The summed E-state index contributed by atoms with van der Waals surface area (Å²) in [6, 6.07) is 0. The first kappa shape index (κ1) is 14.7. The van der Waals surface area contributed by atoms with Crippen LogP contribution in [0.4, 0.5) is 10.9 Å². The molecule has 0 spiro atoms. The standard InChI is InChI=1S/C10H18N4O3S/c1-12-10-13-8(11)7(18-10)9(16)14(3-5-15)4-6-17-2/h15H,3-6,11H2,1-2H3,(H,12,13). The fourth-order valence-electron chi connectivity index (χ4n) is 1.37. The van der Waals surface area contributed by atoms with Gasteiger partial charge in [-0.15, -0.1) is 0 Å². The Labute approximate surface area is 110 Å². The number of ether oxygens (including phenoxy) is 1. The first-order valence-corrected chi connectivity index (χ1v) is 6.28. The van der Waals surface area contributed by atoms with Gasteiger partial charge in [0.25, 0.3) is 5.91 Å². The first-order chi connectivity index (χ1) is 8.63. The number of aromatic nitrogens is 1. The zero-order valence-corrected chi connectivity index (χ0v) is 11.3. The largest absolute Gasteiger partial charge is 0.395 e. The highest BCUT2D eigenvalue weighted by Gasteiger charge is 2.21. The van der Waals surface area contributed by atoms with Crippen LogP contribution in [-0.2, 0) is 4.74 Å². The van der Waals surface area contributed by atoms with E-state index >= 15 is 0 Å². The number of hydrogen-bond donors (Lipinski definition) is 3. The molecule has 0 aliphatic carbocycles. The minimum absolute atomic E-state index is 0.104. The fourth-order valence-corrected chi connectivity index (χ4v) is 2.18. The van der Waals surface area contributed by atoms with Gasteiger partial charge >= 0.3 is 0 Å². The van der Waals surface area contributed by atoms with Crippen molar-refractivity contribution in [3.8, 4) is 0 Å². The van der Waals surface area contributed by atoms with Crippen LogP contribution < -0.4 is 11.1 Å². The van der Waals surface area contributed by atoms with Crippen LogP contribution in [0.15, 0.2) is 0 Å². The Hall–Kier alpha value is -1.38. The summed E-state index contributed by atoms with van der Waals surface area (Å²) < 4.78 is 4.93. The molecule has 7 nitrogen and oxygen atoms in total. The summed E-state index contributed by atoms with van der Waals surface area (Å²) in [5.41, 5.74) is 5.70. The minimum atomic E-state index is -0.238. The van der Waals surface area contributed by atoms with Crippen molar-refractivity contribution in [2.24, 2.45) is 0 Å². The molecule has 0 bridgehead atoms. The van der Waals surface area contributed by atoms with Gasteiger partial charge in [-0.25, -0.2) is 4.98 Å². The number of thiazole rings is 1. The van der Waals surface area contributed by atoms with Crippen LogP contribution in [0.25, 0.3) is 0 Å². The predicted octanol–water partition coefficient (Wildman–Crippen LogP) is -0.152. The smallest absolute Gasteiger partial charge is 0.268 e. The Morgan fingerprint density at radius 3 is 2.83 bits per heavy atom. The van der Waals surface area contributed by atoms with E-state index in [1.54, 1.807) is 14.2 Å². The van der Waals surface area contributed by atoms with Gasteiger partial charge in [-0.1, -0.05) is 11.3 Å². The Balaban J connectivity index is 2.83. The number of nitrogen functional groups attached to an aromatic ring is 1. The number of aliphatic hydroxyl groups is 1. The third-order valence-corrected chi connectivity index (χ3v) is 3.36. The van der Waals surface area contributed by atoms with Gasteiger partial charge in [-0.2, -0.15) is 0 Å². The number of amides is 1. The molecule has 0 aromatic carbocycles. The van der Waals surface area contributed by atoms with E-state index in [-0.39, 0.29) is 24.9 Å². The zero-order valence-electron chi connectivity index (χ0n) is 10.5. The average molecular weight is 274 g/mol. The van der Waals surface area contributed by atoms with Crippen molar-refractivity contribution in [1.29, 1.82) is 0 Å². The maximum atomic E-state index is 12.2. The Kier molecular flexibility index (Phi) is 5.83. The van der Waals surface area contributed by atoms with Crippen LogP contribution in [0.3, 0.4) is 0 Å². The van der Waals surface area contributed by atoms with Crippen LogP contribution in [0.1, 0.15) is 9.67 Å². The topological polar surface area (TPSA) is 101 Å². The molecule has 0 aliphatic heterocycles. The maximum absolute atomic E-state index is 12.2. The van der Waals surface area contributed by atoms with Crippen LogP contribution in [0, 0.1) is 0 Å². The summed E-state index contributed by atoms with van der Waals surface area (Å²) in [4.78, 5) is 18.1. The van der Waals surface area contributed by atoms with Gasteiger partial charge in [-0.05, 0) is 0 Å². The molecule has 1 amide bonds. The molecule has 0 saturated carbocycles. The second-order valence-corrected chi connectivity index (χ2v) is 4.49. The number of nitrogens with one attached hydrogen (secondary N) is 1. The Bertz CT molecular complexity index is 396. The van der Waals surface area contributed by atoms with Gasteiger partial charge in [0.1, 0.15) is 10.7 Å². The minimum Gasteiger partial charge on any atom is -0.395 e. The normalized spacial score (nSPS) is 10.4. The quantitative estimate of drug-likeness (QED) is 0.639. The van der Waals surface area contributed by atoms with Crippen molar-refractivity contribution < 1.29 is 14.6 Å². The molecule has 1 rings (SSSR count). The van der Waals surface area contributed by atoms with Crippen molar-refractivity contribution in [2.45, 2.75) is 0 Å². The number of carbonyl (C=O) groups excluding carboxylic acids is 1. The lowest BCUT2D eigenvalue weighted by atomic mass is 10.4. The van der Waals surface area contributed by atoms with E-state index in [0.29, 0.717) is 23.2 Å². The second-order valence-electron chi connectivity index (χ2n) is 3.49. The predicted molar refractivity (Wildman–Crippen MR) is 70.9 cm³/mol. The van der Waals surface area contributed by atoms with E-state index in [4.69, 9.17) is 15.6 Å². The number of methoxy groups -OCH3 is 1. The molecule has 0 unspecified atom stereocenters. The molecule has 0 fully saturated rings. The molecule has 0 saturated heterocycles. The second kappa shape index (κ2) is 7.14. The van der Waals surface area contributed by atoms with Crippen molar-refractivity contribution in [2.75, 3.05) is 51.5 Å². The molecule has 1 aromatic rings. The lowest BCUT2D eigenvalue weighted by Crippen LogP contribution is -2.36. The molecular weight excluding hydrogens is 256 g/mol. The van der Waals surface area contributed by atoms with Gasteiger partial charge in [0, 0.05) is 27.2 Å². The summed E-state index contributed by atoms with van der Waals surface area (Å²) in [7, 11) is 3.27. The number of rotatable bonds is 7. The van der Waals surface area contributed by atoms with E-state index in [9.17, 15) is 4.79 Å². The van der Waals surface area contributed by atoms with Gasteiger partial charge < -0.3 is 25.8 Å². The van der Waals surface area contributed by atoms with E-state index in [1.165, 1.54) is 16.2 Å². The van der Waals surface area contributed by atoms with Crippen LogP contribution in [-0.4, -0.2) is 61.4 Å². The van der Waals surface area contributed by atoms with Crippen molar-refractivity contribution in [1.82, 2.24) is 9.88 Å². The van der Waals surface area contributed by atoms with E-state index in [0.717, 1.165) is 0 Å². The number of aliphatic hydroxyl groups excluding tert-OH is 1. The van der Waals surface area contributed by atoms with Crippen molar-refractivity contribution in [3.05, 3.63) is 4.88 Å². The molecule has 1 heterocycles. The molecule has 1 aromatic heterocycles. The lowest BCUT2D eigenvalue weighted by Gasteiger charge is -2.20. The van der Waals surface area contributed by atoms with Gasteiger partial charge in [0.05, 0.1) is 13.2 Å². The number of anilines is 2. The Morgan fingerprint density at radius 2 is 2.33 bits per heavy atom. The SMILES string of the molecule is CNc1nc(N)c(C(=O)N(CCO)CCOC)s1. The fraction of sp³-hybridized carbons (Fsp3) is 0.600. The molecule has 8 heteroatoms. The first-order valence-electron chi connectivity index (χ1n) is 5.47. The van der Waals surface area contributed by atoms with Crippen LogP contribution in [0.5, 0.6) is 0 Å².